The van der Waals surface area contributed by atoms with Crippen molar-refractivity contribution in [3.8, 4) is 0 Å². The van der Waals surface area contributed by atoms with Crippen molar-refractivity contribution in [3.63, 3.8) is 0 Å². The highest BCUT2D eigenvalue weighted by molar-refractivity contribution is 5.92. The molecule has 6 heteroatoms. The molecule has 1 aromatic heterocycles. The molecule has 0 bridgehead atoms. The monoisotopic (exact) mass is 292 g/mol. The maximum atomic E-state index is 12.1. The van der Waals surface area contributed by atoms with Crippen molar-refractivity contribution in [1.29, 1.82) is 0 Å². The van der Waals surface area contributed by atoms with Crippen LogP contribution in [0.3, 0.4) is 0 Å². The fourth-order valence-electron chi connectivity index (χ4n) is 2.16. The molecule has 1 aliphatic rings. The van der Waals surface area contributed by atoms with Gasteiger partial charge in [-0.25, -0.2) is 9.97 Å². The molecule has 1 saturated heterocycles. The van der Waals surface area contributed by atoms with Gasteiger partial charge in [-0.05, 0) is 31.7 Å². The average molecular weight is 292 g/mol. The van der Waals surface area contributed by atoms with E-state index in [9.17, 15) is 4.79 Å². The number of nitrogens with one attached hydrogen (secondary N) is 2. The number of hydrogen-bond donors (Lipinski definition) is 2. The Morgan fingerprint density at radius 2 is 2.29 bits per heavy atom. The SMILES string of the molecule is Cc1cc(C(=O)NCC(C)C)nc(NCC2CCCO2)n1. The van der Waals surface area contributed by atoms with Gasteiger partial charge in [0, 0.05) is 25.4 Å². The van der Waals surface area contributed by atoms with Crippen LogP contribution in [0.1, 0.15) is 42.9 Å². The van der Waals surface area contributed by atoms with Gasteiger partial charge in [-0.2, -0.15) is 0 Å². The molecule has 0 aromatic carbocycles. The van der Waals surface area contributed by atoms with Gasteiger partial charge in [-0.1, -0.05) is 13.8 Å². The molecule has 116 valence electrons. The average Bonchev–Trinajstić information content (AvgIpc) is 2.95. The van der Waals surface area contributed by atoms with Crippen LogP contribution < -0.4 is 10.6 Å². The van der Waals surface area contributed by atoms with Crippen LogP contribution in [0.25, 0.3) is 0 Å². The van der Waals surface area contributed by atoms with E-state index in [1.54, 1.807) is 6.07 Å². The molecule has 2 rings (SSSR count). The third-order valence-electron chi connectivity index (χ3n) is 3.27. The molecular formula is C15H24N4O2. The molecule has 0 saturated carbocycles. The van der Waals surface area contributed by atoms with Crippen LogP contribution in [0, 0.1) is 12.8 Å². The Morgan fingerprint density at radius 3 is 2.95 bits per heavy atom. The highest BCUT2D eigenvalue weighted by Crippen LogP contribution is 2.13. The smallest absolute Gasteiger partial charge is 0.270 e. The van der Waals surface area contributed by atoms with Crippen LogP contribution in [0.2, 0.25) is 0 Å². The van der Waals surface area contributed by atoms with Crippen molar-refractivity contribution in [2.24, 2.45) is 5.92 Å². The first-order chi connectivity index (χ1) is 10.0. The summed E-state index contributed by atoms with van der Waals surface area (Å²) in [5.41, 5.74) is 1.17. The molecule has 0 radical (unpaired) electrons. The van der Waals surface area contributed by atoms with Gasteiger partial charge in [0.25, 0.3) is 5.91 Å². The van der Waals surface area contributed by atoms with Gasteiger partial charge in [-0.3, -0.25) is 4.79 Å². The van der Waals surface area contributed by atoms with Crippen molar-refractivity contribution >= 4 is 11.9 Å². The second kappa shape index (κ2) is 7.36. The Kier molecular flexibility index (Phi) is 5.50. The first-order valence-corrected chi connectivity index (χ1v) is 7.54. The lowest BCUT2D eigenvalue weighted by Gasteiger charge is -2.12. The van der Waals surface area contributed by atoms with Crippen LogP contribution in [0.15, 0.2) is 6.07 Å². The van der Waals surface area contributed by atoms with E-state index >= 15 is 0 Å². The number of aromatic nitrogens is 2. The summed E-state index contributed by atoms with van der Waals surface area (Å²) in [5.74, 6) is 0.739. The predicted molar refractivity (Wildman–Crippen MR) is 81.4 cm³/mol. The molecule has 21 heavy (non-hydrogen) atoms. The molecule has 6 nitrogen and oxygen atoms in total. The number of carbonyl (C=O) groups excluding carboxylic acids is 1. The molecule has 2 heterocycles. The van der Waals surface area contributed by atoms with Crippen molar-refractivity contribution in [2.75, 3.05) is 25.0 Å². The molecule has 2 N–H and O–H groups in total. The highest BCUT2D eigenvalue weighted by atomic mass is 16.5. The van der Waals surface area contributed by atoms with Gasteiger partial charge in [-0.15, -0.1) is 0 Å². The van der Waals surface area contributed by atoms with Crippen LogP contribution in [-0.4, -0.2) is 41.7 Å². The van der Waals surface area contributed by atoms with E-state index < -0.39 is 0 Å². The van der Waals surface area contributed by atoms with Crippen molar-refractivity contribution < 1.29 is 9.53 Å². The number of aryl methyl sites for hydroxylation is 1. The molecule has 1 aliphatic heterocycles. The van der Waals surface area contributed by atoms with E-state index in [1.807, 2.05) is 6.92 Å². The Bertz CT molecular complexity index is 485. The number of carbonyl (C=O) groups is 1. The fraction of sp³-hybridized carbons (Fsp3) is 0.667. The minimum atomic E-state index is -0.158. The van der Waals surface area contributed by atoms with Gasteiger partial charge in [0.05, 0.1) is 6.10 Å². The van der Waals surface area contributed by atoms with Gasteiger partial charge < -0.3 is 15.4 Å². The molecule has 1 unspecified atom stereocenters. The first-order valence-electron chi connectivity index (χ1n) is 7.54. The van der Waals surface area contributed by atoms with E-state index in [1.165, 1.54) is 0 Å². The summed E-state index contributed by atoms with van der Waals surface area (Å²) in [6, 6.07) is 1.70. The predicted octanol–water partition coefficient (Wildman–Crippen LogP) is 1.76. The largest absolute Gasteiger partial charge is 0.376 e. The fourth-order valence-corrected chi connectivity index (χ4v) is 2.16. The van der Waals surface area contributed by atoms with E-state index in [-0.39, 0.29) is 12.0 Å². The Morgan fingerprint density at radius 1 is 1.48 bits per heavy atom. The molecule has 1 atom stereocenters. The molecule has 1 fully saturated rings. The van der Waals surface area contributed by atoms with E-state index in [0.29, 0.717) is 30.6 Å². The summed E-state index contributed by atoms with van der Waals surface area (Å²) < 4.78 is 5.55. The summed E-state index contributed by atoms with van der Waals surface area (Å²) in [4.78, 5) is 20.7. The third kappa shape index (κ3) is 4.97. The second-order valence-corrected chi connectivity index (χ2v) is 5.84. The lowest BCUT2D eigenvalue weighted by atomic mass is 10.2. The topological polar surface area (TPSA) is 76.1 Å². The highest BCUT2D eigenvalue weighted by Gasteiger charge is 2.16. The quantitative estimate of drug-likeness (QED) is 0.835. The maximum absolute atomic E-state index is 12.1. The summed E-state index contributed by atoms with van der Waals surface area (Å²) in [6.07, 6.45) is 2.37. The Balaban J connectivity index is 1.97. The zero-order valence-corrected chi connectivity index (χ0v) is 13.0. The van der Waals surface area contributed by atoms with E-state index in [4.69, 9.17) is 4.74 Å². The van der Waals surface area contributed by atoms with Crippen LogP contribution in [0.4, 0.5) is 5.95 Å². The van der Waals surface area contributed by atoms with Crippen LogP contribution >= 0.6 is 0 Å². The second-order valence-electron chi connectivity index (χ2n) is 5.84. The maximum Gasteiger partial charge on any atom is 0.270 e. The molecule has 0 aliphatic carbocycles. The third-order valence-corrected chi connectivity index (χ3v) is 3.27. The summed E-state index contributed by atoms with van der Waals surface area (Å²) in [6.45, 7) is 8.11. The number of hydrogen-bond acceptors (Lipinski definition) is 5. The number of ether oxygens (including phenoxy) is 1. The zero-order chi connectivity index (χ0) is 15.2. The normalized spacial score (nSPS) is 18.0. The summed E-state index contributed by atoms with van der Waals surface area (Å²) in [5, 5.41) is 6.03. The van der Waals surface area contributed by atoms with Gasteiger partial charge in [0.1, 0.15) is 5.69 Å². The van der Waals surface area contributed by atoms with Crippen molar-refractivity contribution in [1.82, 2.24) is 15.3 Å². The molecular weight excluding hydrogens is 268 g/mol. The molecule has 1 aromatic rings. The first kappa shape index (κ1) is 15.7. The number of rotatable bonds is 6. The van der Waals surface area contributed by atoms with Gasteiger partial charge >= 0.3 is 0 Å². The summed E-state index contributed by atoms with van der Waals surface area (Å²) >= 11 is 0. The number of nitrogens with zero attached hydrogens (tertiary/aromatic N) is 2. The Labute approximate surface area is 125 Å². The number of amides is 1. The molecule has 0 spiro atoms. The van der Waals surface area contributed by atoms with Crippen molar-refractivity contribution in [3.05, 3.63) is 17.5 Å². The van der Waals surface area contributed by atoms with Gasteiger partial charge in [0.2, 0.25) is 5.95 Å². The van der Waals surface area contributed by atoms with E-state index in [2.05, 4.69) is 34.4 Å². The standard InChI is InChI=1S/C15H24N4O2/c1-10(2)8-16-14(20)13-7-11(3)18-15(19-13)17-9-12-5-4-6-21-12/h7,10,12H,4-6,8-9H2,1-3H3,(H,16,20)(H,17,18,19). The lowest BCUT2D eigenvalue weighted by molar-refractivity contribution is 0.0944. The van der Waals surface area contributed by atoms with Gasteiger partial charge in [0.15, 0.2) is 0 Å². The van der Waals surface area contributed by atoms with Crippen LogP contribution in [0.5, 0.6) is 0 Å². The zero-order valence-electron chi connectivity index (χ0n) is 13.0. The lowest BCUT2D eigenvalue weighted by Crippen LogP contribution is -2.28. The minimum Gasteiger partial charge on any atom is -0.376 e. The van der Waals surface area contributed by atoms with Crippen molar-refractivity contribution in [2.45, 2.75) is 39.7 Å². The van der Waals surface area contributed by atoms with E-state index in [0.717, 1.165) is 25.1 Å². The Hall–Kier alpha value is -1.69. The molecule has 1 amide bonds. The summed E-state index contributed by atoms with van der Waals surface area (Å²) in [7, 11) is 0. The van der Waals surface area contributed by atoms with Crippen LogP contribution in [-0.2, 0) is 4.74 Å². The minimum absolute atomic E-state index is 0.158. The number of anilines is 1.